The maximum absolute atomic E-state index is 5.97. The molecule has 2 fully saturated rings. The van der Waals surface area contributed by atoms with Gasteiger partial charge in [-0.05, 0) is 6.42 Å². The average molecular weight is 185 g/mol. The van der Waals surface area contributed by atoms with Crippen LogP contribution >= 0.6 is 0 Å². The van der Waals surface area contributed by atoms with Crippen LogP contribution in [0.15, 0.2) is 0 Å². The van der Waals surface area contributed by atoms with Gasteiger partial charge in [-0.25, -0.2) is 0 Å². The van der Waals surface area contributed by atoms with Gasteiger partial charge in [0.2, 0.25) is 0 Å². The first-order chi connectivity index (χ1) is 6.37. The van der Waals surface area contributed by atoms with Gasteiger partial charge in [0, 0.05) is 38.6 Å². The van der Waals surface area contributed by atoms with Crippen LogP contribution in [0.1, 0.15) is 26.2 Å². The van der Waals surface area contributed by atoms with E-state index in [2.05, 4.69) is 12.2 Å². The molecule has 76 valence electrons. The van der Waals surface area contributed by atoms with Crippen LogP contribution in [-0.4, -0.2) is 38.0 Å². The van der Waals surface area contributed by atoms with Crippen molar-refractivity contribution in [2.24, 2.45) is 0 Å². The standard InChI is InChI=1S/C10H19NO2/c1-2-9-10(13-8-5-11-9)3-6-12-7-4-10/h9,11H,2-8H2,1H3. The lowest BCUT2D eigenvalue weighted by atomic mass is 9.83. The Hall–Kier alpha value is -0.120. The van der Waals surface area contributed by atoms with Crippen molar-refractivity contribution in [3.8, 4) is 0 Å². The van der Waals surface area contributed by atoms with Crippen molar-refractivity contribution in [1.29, 1.82) is 0 Å². The molecule has 1 N–H and O–H groups in total. The zero-order valence-corrected chi connectivity index (χ0v) is 8.34. The minimum absolute atomic E-state index is 0.0885. The molecule has 2 aliphatic rings. The maximum Gasteiger partial charge on any atom is 0.0879 e. The second-order valence-corrected chi connectivity index (χ2v) is 3.94. The minimum atomic E-state index is 0.0885. The first-order valence-electron chi connectivity index (χ1n) is 5.32. The monoisotopic (exact) mass is 185 g/mol. The van der Waals surface area contributed by atoms with Crippen molar-refractivity contribution in [3.05, 3.63) is 0 Å². The summed E-state index contributed by atoms with van der Waals surface area (Å²) in [6, 6.07) is 0.533. The van der Waals surface area contributed by atoms with E-state index in [1.165, 1.54) is 0 Å². The molecule has 0 aromatic rings. The first-order valence-corrected chi connectivity index (χ1v) is 5.32. The summed E-state index contributed by atoms with van der Waals surface area (Å²) in [6.45, 7) is 5.80. The van der Waals surface area contributed by atoms with Crippen LogP contribution in [0.5, 0.6) is 0 Å². The molecule has 2 heterocycles. The van der Waals surface area contributed by atoms with Gasteiger partial charge in [-0.1, -0.05) is 6.92 Å². The van der Waals surface area contributed by atoms with Gasteiger partial charge >= 0.3 is 0 Å². The van der Waals surface area contributed by atoms with Crippen LogP contribution in [-0.2, 0) is 9.47 Å². The third kappa shape index (κ3) is 1.73. The van der Waals surface area contributed by atoms with Crippen LogP contribution in [0.25, 0.3) is 0 Å². The highest BCUT2D eigenvalue weighted by atomic mass is 16.5. The molecule has 1 atom stereocenters. The molecular weight excluding hydrogens is 166 g/mol. The molecule has 0 aromatic carbocycles. The van der Waals surface area contributed by atoms with Crippen molar-refractivity contribution in [2.75, 3.05) is 26.4 Å². The lowest BCUT2D eigenvalue weighted by Gasteiger charge is -2.46. The fourth-order valence-electron chi connectivity index (χ4n) is 2.50. The Bertz CT molecular complexity index is 158. The zero-order chi connectivity index (χ0) is 9.15. The fourth-order valence-corrected chi connectivity index (χ4v) is 2.50. The van der Waals surface area contributed by atoms with Crippen molar-refractivity contribution in [3.63, 3.8) is 0 Å². The summed E-state index contributed by atoms with van der Waals surface area (Å²) in [4.78, 5) is 0. The second kappa shape index (κ2) is 3.95. The fraction of sp³-hybridized carbons (Fsp3) is 1.00. The molecule has 3 heteroatoms. The predicted molar refractivity (Wildman–Crippen MR) is 50.8 cm³/mol. The Kier molecular flexibility index (Phi) is 2.86. The number of ether oxygens (including phenoxy) is 2. The third-order valence-electron chi connectivity index (χ3n) is 3.26. The smallest absolute Gasteiger partial charge is 0.0879 e. The number of nitrogens with one attached hydrogen (secondary N) is 1. The highest BCUT2D eigenvalue weighted by Gasteiger charge is 2.42. The summed E-state index contributed by atoms with van der Waals surface area (Å²) in [6.07, 6.45) is 3.26. The number of hydrogen-bond acceptors (Lipinski definition) is 3. The van der Waals surface area contributed by atoms with Gasteiger partial charge < -0.3 is 14.8 Å². The van der Waals surface area contributed by atoms with Gasteiger partial charge in [-0.15, -0.1) is 0 Å². The Morgan fingerprint density at radius 1 is 1.31 bits per heavy atom. The summed E-state index contributed by atoms with van der Waals surface area (Å²) in [5.74, 6) is 0. The summed E-state index contributed by atoms with van der Waals surface area (Å²) >= 11 is 0. The summed E-state index contributed by atoms with van der Waals surface area (Å²) in [5, 5.41) is 3.55. The molecule has 1 spiro atoms. The maximum atomic E-state index is 5.97. The highest BCUT2D eigenvalue weighted by molar-refractivity contribution is 4.96. The molecule has 1 unspecified atom stereocenters. The Labute approximate surface area is 79.8 Å². The molecule has 2 saturated heterocycles. The van der Waals surface area contributed by atoms with Crippen molar-refractivity contribution < 1.29 is 9.47 Å². The second-order valence-electron chi connectivity index (χ2n) is 3.94. The lowest BCUT2D eigenvalue weighted by Crippen LogP contribution is -2.59. The Morgan fingerprint density at radius 3 is 2.77 bits per heavy atom. The van der Waals surface area contributed by atoms with E-state index < -0.39 is 0 Å². The number of morpholine rings is 1. The molecule has 0 amide bonds. The molecule has 3 nitrogen and oxygen atoms in total. The van der Waals surface area contributed by atoms with E-state index in [1.54, 1.807) is 0 Å². The van der Waals surface area contributed by atoms with Crippen LogP contribution in [0.3, 0.4) is 0 Å². The van der Waals surface area contributed by atoms with E-state index in [0.717, 1.165) is 45.6 Å². The van der Waals surface area contributed by atoms with Crippen molar-refractivity contribution in [1.82, 2.24) is 5.32 Å². The Balaban J connectivity index is 2.06. The van der Waals surface area contributed by atoms with Gasteiger partial charge in [0.15, 0.2) is 0 Å². The third-order valence-corrected chi connectivity index (χ3v) is 3.26. The lowest BCUT2D eigenvalue weighted by molar-refractivity contribution is -0.148. The van der Waals surface area contributed by atoms with Crippen LogP contribution < -0.4 is 5.32 Å². The van der Waals surface area contributed by atoms with Gasteiger partial charge in [0.1, 0.15) is 0 Å². The molecule has 2 rings (SSSR count). The molecule has 0 bridgehead atoms. The minimum Gasteiger partial charge on any atom is -0.381 e. The summed E-state index contributed by atoms with van der Waals surface area (Å²) in [5.41, 5.74) is 0.0885. The molecular formula is C10H19NO2. The number of hydrogen-bond donors (Lipinski definition) is 1. The summed E-state index contributed by atoms with van der Waals surface area (Å²) in [7, 11) is 0. The largest absolute Gasteiger partial charge is 0.381 e. The van der Waals surface area contributed by atoms with E-state index in [0.29, 0.717) is 6.04 Å². The molecule has 0 saturated carbocycles. The summed E-state index contributed by atoms with van der Waals surface area (Å²) < 4.78 is 11.3. The highest BCUT2D eigenvalue weighted by Crippen LogP contribution is 2.32. The zero-order valence-electron chi connectivity index (χ0n) is 8.34. The van der Waals surface area contributed by atoms with Gasteiger partial charge in [0.25, 0.3) is 0 Å². The Morgan fingerprint density at radius 2 is 2.08 bits per heavy atom. The molecule has 0 radical (unpaired) electrons. The SMILES string of the molecule is CCC1NCCOC12CCOCC2. The van der Waals surface area contributed by atoms with Gasteiger partial charge in [0.05, 0.1) is 12.2 Å². The van der Waals surface area contributed by atoms with E-state index in [4.69, 9.17) is 9.47 Å². The predicted octanol–water partition coefficient (Wildman–Crippen LogP) is 0.934. The van der Waals surface area contributed by atoms with Crippen molar-refractivity contribution in [2.45, 2.75) is 37.8 Å². The van der Waals surface area contributed by atoms with E-state index in [9.17, 15) is 0 Å². The van der Waals surface area contributed by atoms with E-state index >= 15 is 0 Å². The normalized spacial score (nSPS) is 33.5. The molecule has 2 aliphatic heterocycles. The quantitative estimate of drug-likeness (QED) is 0.659. The van der Waals surface area contributed by atoms with E-state index in [1.807, 2.05) is 0 Å². The van der Waals surface area contributed by atoms with Crippen LogP contribution in [0, 0.1) is 0 Å². The van der Waals surface area contributed by atoms with Gasteiger partial charge in [-0.3, -0.25) is 0 Å². The first kappa shape index (κ1) is 9.44. The van der Waals surface area contributed by atoms with Crippen molar-refractivity contribution >= 4 is 0 Å². The van der Waals surface area contributed by atoms with Gasteiger partial charge in [-0.2, -0.15) is 0 Å². The van der Waals surface area contributed by atoms with E-state index in [-0.39, 0.29) is 5.60 Å². The molecule has 13 heavy (non-hydrogen) atoms. The molecule has 0 aromatic heterocycles. The average Bonchev–Trinajstić information content (AvgIpc) is 2.20. The van der Waals surface area contributed by atoms with Crippen LogP contribution in [0.4, 0.5) is 0 Å². The molecule has 0 aliphatic carbocycles. The van der Waals surface area contributed by atoms with Crippen LogP contribution in [0.2, 0.25) is 0 Å². The number of rotatable bonds is 1. The topological polar surface area (TPSA) is 30.5 Å².